The minimum atomic E-state index is -0.838. The van der Waals surface area contributed by atoms with E-state index in [1.165, 1.54) is 0 Å². The Morgan fingerprint density at radius 1 is 1.24 bits per heavy atom. The summed E-state index contributed by atoms with van der Waals surface area (Å²) in [5.41, 5.74) is -0.452. The normalized spacial score (nSPS) is 18.2. The number of carbonyl (C=O) groups is 2. The smallest absolute Gasteiger partial charge is 0.303 e. The molecule has 98 valence electrons. The second kappa shape index (κ2) is 5.52. The fourth-order valence-electron chi connectivity index (χ4n) is 2.25. The number of carboxylic acids is 1. The molecular formula is C13H23NO3. The maximum absolute atomic E-state index is 12.0. The van der Waals surface area contributed by atoms with E-state index in [9.17, 15) is 9.59 Å². The van der Waals surface area contributed by atoms with Crippen LogP contribution >= 0.6 is 0 Å². The number of rotatable bonds is 4. The SMILES string of the molecule is CC1CCN(C(=O)CC(C)(C)CC(=O)O)CC1. The summed E-state index contributed by atoms with van der Waals surface area (Å²) in [6.07, 6.45) is 2.49. The highest BCUT2D eigenvalue weighted by Crippen LogP contribution is 2.27. The number of carbonyl (C=O) groups excluding carboxylic acids is 1. The molecule has 0 radical (unpaired) electrons. The van der Waals surface area contributed by atoms with E-state index in [4.69, 9.17) is 5.11 Å². The van der Waals surface area contributed by atoms with E-state index in [1.54, 1.807) is 0 Å². The van der Waals surface area contributed by atoms with E-state index in [2.05, 4.69) is 6.92 Å². The Balaban J connectivity index is 2.45. The summed E-state index contributed by atoms with van der Waals surface area (Å²) in [6.45, 7) is 7.53. The van der Waals surface area contributed by atoms with Crippen LogP contribution in [0.3, 0.4) is 0 Å². The van der Waals surface area contributed by atoms with Crippen LogP contribution in [0.4, 0.5) is 0 Å². The van der Waals surface area contributed by atoms with E-state index in [-0.39, 0.29) is 12.3 Å². The molecule has 1 fully saturated rings. The summed E-state index contributed by atoms with van der Waals surface area (Å²) in [4.78, 5) is 24.6. The maximum atomic E-state index is 12.0. The van der Waals surface area contributed by atoms with Crippen molar-refractivity contribution >= 4 is 11.9 Å². The number of hydrogen-bond donors (Lipinski definition) is 1. The highest BCUT2D eigenvalue weighted by Gasteiger charge is 2.29. The lowest BCUT2D eigenvalue weighted by atomic mass is 9.85. The van der Waals surface area contributed by atoms with Gasteiger partial charge in [-0.05, 0) is 24.2 Å². The van der Waals surface area contributed by atoms with Gasteiger partial charge in [-0.2, -0.15) is 0 Å². The van der Waals surface area contributed by atoms with Gasteiger partial charge in [0.15, 0.2) is 0 Å². The first-order valence-corrected chi connectivity index (χ1v) is 6.30. The molecule has 1 aliphatic heterocycles. The molecule has 17 heavy (non-hydrogen) atoms. The minimum absolute atomic E-state index is 0.0446. The molecule has 0 spiro atoms. The van der Waals surface area contributed by atoms with Gasteiger partial charge in [-0.3, -0.25) is 9.59 Å². The average Bonchev–Trinajstić information content (AvgIpc) is 2.15. The van der Waals surface area contributed by atoms with Crippen LogP contribution in [0.1, 0.15) is 46.5 Å². The molecule has 0 aromatic rings. The van der Waals surface area contributed by atoms with Crippen molar-refractivity contribution in [3.8, 4) is 0 Å². The molecule has 1 aliphatic rings. The number of aliphatic carboxylic acids is 1. The Labute approximate surface area is 103 Å². The third-order valence-electron chi connectivity index (χ3n) is 3.40. The van der Waals surface area contributed by atoms with Crippen molar-refractivity contribution in [2.75, 3.05) is 13.1 Å². The first kappa shape index (κ1) is 14.0. The van der Waals surface area contributed by atoms with Crippen molar-refractivity contribution in [2.45, 2.75) is 46.5 Å². The van der Waals surface area contributed by atoms with Gasteiger partial charge in [0.2, 0.25) is 5.91 Å². The Morgan fingerprint density at radius 3 is 2.24 bits per heavy atom. The van der Waals surface area contributed by atoms with E-state index >= 15 is 0 Å². The van der Waals surface area contributed by atoms with Gasteiger partial charge in [0, 0.05) is 19.5 Å². The number of amides is 1. The molecule has 1 rings (SSSR count). The molecule has 0 bridgehead atoms. The molecule has 0 atom stereocenters. The van der Waals surface area contributed by atoms with E-state index in [1.807, 2.05) is 18.7 Å². The zero-order chi connectivity index (χ0) is 13.1. The summed E-state index contributed by atoms with van der Waals surface area (Å²) >= 11 is 0. The molecule has 1 saturated heterocycles. The number of piperidine rings is 1. The van der Waals surface area contributed by atoms with Crippen LogP contribution in [0, 0.1) is 11.3 Å². The molecular weight excluding hydrogens is 218 g/mol. The predicted octanol–water partition coefficient (Wildman–Crippen LogP) is 2.14. The Bertz CT molecular complexity index is 291. The van der Waals surface area contributed by atoms with Crippen LogP contribution in [0.25, 0.3) is 0 Å². The lowest BCUT2D eigenvalue weighted by Crippen LogP contribution is -2.40. The van der Waals surface area contributed by atoms with Crippen molar-refractivity contribution in [3.63, 3.8) is 0 Å². The van der Waals surface area contributed by atoms with E-state index in [0.29, 0.717) is 12.3 Å². The van der Waals surface area contributed by atoms with Crippen LogP contribution in [-0.4, -0.2) is 35.0 Å². The van der Waals surface area contributed by atoms with Gasteiger partial charge >= 0.3 is 5.97 Å². The van der Waals surface area contributed by atoms with Crippen molar-refractivity contribution in [2.24, 2.45) is 11.3 Å². The molecule has 1 heterocycles. The lowest BCUT2D eigenvalue weighted by molar-refractivity contribution is -0.141. The van der Waals surface area contributed by atoms with Crippen LogP contribution in [-0.2, 0) is 9.59 Å². The molecule has 0 aromatic heterocycles. The van der Waals surface area contributed by atoms with Gasteiger partial charge in [-0.1, -0.05) is 20.8 Å². The highest BCUT2D eigenvalue weighted by atomic mass is 16.4. The van der Waals surface area contributed by atoms with Crippen molar-refractivity contribution < 1.29 is 14.7 Å². The van der Waals surface area contributed by atoms with Gasteiger partial charge in [-0.25, -0.2) is 0 Å². The lowest BCUT2D eigenvalue weighted by Gasteiger charge is -2.33. The quantitative estimate of drug-likeness (QED) is 0.820. The van der Waals surface area contributed by atoms with Gasteiger partial charge in [0.05, 0.1) is 6.42 Å². The number of hydrogen-bond acceptors (Lipinski definition) is 2. The van der Waals surface area contributed by atoms with Gasteiger partial charge in [-0.15, -0.1) is 0 Å². The van der Waals surface area contributed by atoms with Crippen molar-refractivity contribution in [1.29, 1.82) is 0 Å². The first-order valence-electron chi connectivity index (χ1n) is 6.30. The zero-order valence-electron chi connectivity index (χ0n) is 11.0. The molecule has 4 heteroatoms. The molecule has 0 aromatic carbocycles. The zero-order valence-corrected chi connectivity index (χ0v) is 11.0. The fourth-order valence-corrected chi connectivity index (χ4v) is 2.25. The summed E-state index contributed by atoms with van der Waals surface area (Å²) in [7, 11) is 0. The molecule has 0 aliphatic carbocycles. The monoisotopic (exact) mass is 241 g/mol. The Morgan fingerprint density at radius 2 is 1.76 bits per heavy atom. The molecule has 1 N–H and O–H groups in total. The van der Waals surface area contributed by atoms with E-state index in [0.717, 1.165) is 25.9 Å². The van der Waals surface area contributed by atoms with Gasteiger partial charge < -0.3 is 10.0 Å². The number of nitrogens with zero attached hydrogens (tertiary/aromatic N) is 1. The van der Waals surface area contributed by atoms with Crippen LogP contribution < -0.4 is 0 Å². The third-order valence-corrected chi connectivity index (χ3v) is 3.40. The summed E-state index contributed by atoms with van der Waals surface area (Å²) in [5.74, 6) is -0.0377. The molecule has 4 nitrogen and oxygen atoms in total. The Hall–Kier alpha value is -1.06. The topological polar surface area (TPSA) is 57.6 Å². The standard InChI is InChI=1S/C13H23NO3/c1-10-4-6-14(7-5-10)11(15)8-13(2,3)9-12(16)17/h10H,4-9H2,1-3H3,(H,16,17). The first-order chi connectivity index (χ1) is 7.80. The maximum Gasteiger partial charge on any atom is 0.303 e. The molecule has 1 amide bonds. The molecule has 0 unspecified atom stereocenters. The fraction of sp³-hybridized carbons (Fsp3) is 0.846. The summed E-state index contributed by atoms with van der Waals surface area (Å²) in [6, 6.07) is 0. The highest BCUT2D eigenvalue weighted by molar-refractivity contribution is 5.78. The third kappa shape index (κ3) is 4.75. The van der Waals surface area contributed by atoms with Crippen molar-refractivity contribution in [3.05, 3.63) is 0 Å². The molecule has 0 saturated carbocycles. The minimum Gasteiger partial charge on any atom is -0.481 e. The largest absolute Gasteiger partial charge is 0.481 e. The van der Waals surface area contributed by atoms with Crippen LogP contribution in [0.2, 0.25) is 0 Å². The number of carboxylic acid groups (broad SMARTS) is 1. The predicted molar refractivity (Wildman–Crippen MR) is 65.6 cm³/mol. The Kier molecular flexibility index (Phi) is 4.54. The van der Waals surface area contributed by atoms with Crippen molar-refractivity contribution in [1.82, 2.24) is 4.90 Å². The van der Waals surface area contributed by atoms with E-state index < -0.39 is 11.4 Å². The van der Waals surface area contributed by atoms with Crippen LogP contribution in [0.5, 0.6) is 0 Å². The second-order valence-corrected chi connectivity index (χ2v) is 5.97. The summed E-state index contributed by atoms with van der Waals surface area (Å²) in [5, 5.41) is 8.78. The summed E-state index contributed by atoms with van der Waals surface area (Å²) < 4.78 is 0. The second-order valence-electron chi connectivity index (χ2n) is 5.97. The van der Waals surface area contributed by atoms with Gasteiger partial charge in [0.25, 0.3) is 0 Å². The van der Waals surface area contributed by atoms with Gasteiger partial charge in [0.1, 0.15) is 0 Å². The average molecular weight is 241 g/mol. The van der Waals surface area contributed by atoms with Crippen LogP contribution in [0.15, 0.2) is 0 Å². The number of likely N-dealkylation sites (tertiary alicyclic amines) is 1.